The second kappa shape index (κ2) is 8.68. The van der Waals surface area contributed by atoms with Gasteiger partial charge in [-0.25, -0.2) is 0 Å². The van der Waals surface area contributed by atoms with Gasteiger partial charge >= 0.3 is 0 Å². The van der Waals surface area contributed by atoms with Crippen LogP contribution in [0.1, 0.15) is 36.0 Å². The molecule has 2 aromatic heterocycles. The zero-order valence-corrected chi connectivity index (χ0v) is 16.1. The summed E-state index contributed by atoms with van der Waals surface area (Å²) >= 11 is 0. The molecule has 2 N–H and O–H groups in total. The molecule has 0 bridgehead atoms. The van der Waals surface area contributed by atoms with E-state index in [1.165, 1.54) is 37.9 Å². The van der Waals surface area contributed by atoms with Gasteiger partial charge in [0.1, 0.15) is 5.56 Å². The van der Waals surface area contributed by atoms with Gasteiger partial charge in [0.25, 0.3) is 11.5 Å². The molecule has 1 amide bonds. The van der Waals surface area contributed by atoms with E-state index in [2.05, 4.69) is 25.4 Å². The topological polar surface area (TPSA) is 91.0 Å². The standard InChI is InChI=1S/C22H23N5O2/c28-21-18(9-6-12-23-21)22(29)24-17-8-5-7-16(15-17)19-10-11-20(26-25-19)27-13-3-1-2-4-14-27/h5-12,15H,1-4,13-14H2,(H,23,28)(H,24,29). The lowest BCUT2D eigenvalue weighted by Crippen LogP contribution is -2.25. The lowest BCUT2D eigenvalue weighted by Gasteiger charge is -2.20. The van der Waals surface area contributed by atoms with E-state index in [0.29, 0.717) is 5.69 Å². The lowest BCUT2D eigenvalue weighted by atomic mass is 10.1. The Hall–Kier alpha value is -3.48. The highest BCUT2D eigenvalue weighted by molar-refractivity contribution is 6.04. The number of anilines is 2. The van der Waals surface area contributed by atoms with Gasteiger partial charge in [0.15, 0.2) is 5.82 Å². The number of nitrogens with zero attached hydrogens (tertiary/aromatic N) is 3. The number of aromatic nitrogens is 3. The first kappa shape index (κ1) is 18.9. The first-order valence-corrected chi connectivity index (χ1v) is 9.89. The third kappa shape index (κ3) is 4.51. The number of pyridine rings is 1. The maximum absolute atomic E-state index is 12.4. The molecule has 1 fully saturated rings. The van der Waals surface area contributed by atoms with Gasteiger partial charge < -0.3 is 15.2 Å². The Bertz CT molecular complexity index is 1040. The van der Waals surface area contributed by atoms with Crippen molar-refractivity contribution in [3.8, 4) is 11.3 Å². The minimum Gasteiger partial charge on any atom is -0.355 e. The first-order valence-electron chi connectivity index (χ1n) is 9.89. The zero-order valence-electron chi connectivity index (χ0n) is 16.1. The van der Waals surface area contributed by atoms with Gasteiger partial charge in [0.05, 0.1) is 5.69 Å². The molecule has 0 aliphatic carbocycles. The first-order chi connectivity index (χ1) is 14.2. The number of rotatable bonds is 4. The number of aromatic amines is 1. The molecule has 1 aliphatic heterocycles. The van der Waals surface area contributed by atoms with E-state index in [4.69, 9.17) is 0 Å². The number of hydrogen-bond donors (Lipinski definition) is 2. The van der Waals surface area contributed by atoms with Gasteiger partial charge in [-0.3, -0.25) is 9.59 Å². The maximum atomic E-state index is 12.4. The number of H-pyrrole nitrogens is 1. The summed E-state index contributed by atoms with van der Waals surface area (Å²) in [5, 5.41) is 11.6. The molecule has 7 nitrogen and oxygen atoms in total. The molecule has 3 aromatic rings. The second-order valence-electron chi connectivity index (χ2n) is 7.13. The molecular weight excluding hydrogens is 366 g/mol. The molecule has 0 radical (unpaired) electrons. The van der Waals surface area contributed by atoms with E-state index in [1.807, 2.05) is 30.3 Å². The normalized spacial score (nSPS) is 14.3. The fraction of sp³-hybridized carbons (Fsp3) is 0.273. The summed E-state index contributed by atoms with van der Waals surface area (Å²) in [4.78, 5) is 28.9. The molecule has 0 unspecified atom stereocenters. The van der Waals surface area contributed by atoms with Crippen molar-refractivity contribution in [2.75, 3.05) is 23.3 Å². The van der Waals surface area contributed by atoms with Crippen LogP contribution >= 0.6 is 0 Å². The highest BCUT2D eigenvalue weighted by Gasteiger charge is 2.13. The molecule has 29 heavy (non-hydrogen) atoms. The predicted molar refractivity (Wildman–Crippen MR) is 113 cm³/mol. The number of hydrogen-bond acceptors (Lipinski definition) is 5. The van der Waals surface area contributed by atoms with Crippen LogP contribution in [-0.2, 0) is 0 Å². The molecular formula is C22H23N5O2. The fourth-order valence-electron chi connectivity index (χ4n) is 3.50. The van der Waals surface area contributed by atoms with Crippen molar-refractivity contribution in [2.24, 2.45) is 0 Å². The van der Waals surface area contributed by atoms with Crippen LogP contribution in [0.25, 0.3) is 11.3 Å². The predicted octanol–water partition coefficient (Wildman–Crippen LogP) is 3.46. The van der Waals surface area contributed by atoms with E-state index >= 15 is 0 Å². The number of nitrogens with one attached hydrogen (secondary N) is 2. The van der Waals surface area contributed by atoms with Crippen molar-refractivity contribution in [3.05, 3.63) is 70.6 Å². The molecule has 1 saturated heterocycles. The van der Waals surface area contributed by atoms with Crippen molar-refractivity contribution < 1.29 is 4.79 Å². The molecule has 7 heteroatoms. The summed E-state index contributed by atoms with van der Waals surface area (Å²) in [6.45, 7) is 2.04. The van der Waals surface area contributed by atoms with Crippen LogP contribution in [0.2, 0.25) is 0 Å². The van der Waals surface area contributed by atoms with Crippen LogP contribution in [-0.4, -0.2) is 34.2 Å². The number of carbonyl (C=O) groups is 1. The molecule has 0 saturated carbocycles. The van der Waals surface area contributed by atoms with E-state index < -0.39 is 11.5 Å². The Morgan fingerprint density at radius 2 is 1.79 bits per heavy atom. The van der Waals surface area contributed by atoms with Gasteiger partial charge in [0.2, 0.25) is 0 Å². The third-order valence-electron chi connectivity index (χ3n) is 5.06. The Balaban J connectivity index is 1.50. The minimum absolute atomic E-state index is 0.0690. The fourth-order valence-corrected chi connectivity index (χ4v) is 3.50. The molecule has 4 rings (SSSR count). The van der Waals surface area contributed by atoms with Crippen LogP contribution in [0.15, 0.2) is 59.5 Å². The Kier molecular flexibility index (Phi) is 5.65. The van der Waals surface area contributed by atoms with Crippen molar-refractivity contribution in [1.82, 2.24) is 15.2 Å². The summed E-state index contributed by atoms with van der Waals surface area (Å²) in [6.07, 6.45) is 6.42. The number of amides is 1. The van der Waals surface area contributed by atoms with Gasteiger partial charge in [-0.1, -0.05) is 25.0 Å². The van der Waals surface area contributed by atoms with E-state index in [9.17, 15) is 9.59 Å². The molecule has 148 valence electrons. The highest BCUT2D eigenvalue weighted by atomic mass is 16.2. The zero-order chi connectivity index (χ0) is 20.1. The minimum atomic E-state index is -0.452. The van der Waals surface area contributed by atoms with Crippen molar-refractivity contribution in [1.29, 1.82) is 0 Å². The van der Waals surface area contributed by atoms with Crippen molar-refractivity contribution in [2.45, 2.75) is 25.7 Å². The van der Waals surface area contributed by atoms with Crippen LogP contribution < -0.4 is 15.8 Å². The quantitative estimate of drug-likeness (QED) is 0.713. The van der Waals surface area contributed by atoms with Gasteiger partial charge in [-0.05, 0) is 49.2 Å². The molecule has 1 aromatic carbocycles. The van der Waals surface area contributed by atoms with Crippen molar-refractivity contribution in [3.63, 3.8) is 0 Å². The smallest absolute Gasteiger partial charge is 0.261 e. The average Bonchev–Trinajstić information content (AvgIpc) is 3.04. The summed E-state index contributed by atoms with van der Waals surface area (Å²) in [5.74, 6) is 0.454. The van der Waals surface area contributed by atoms with Crippen LogP contribution in [0.4, 0.5) is 11.5 Å². The van der Waals surface area contributed by atoms with Gasteiger partial charge in [-0.15, -0.1) is 10.2 Å². The third-order valence-corrected chi connectivity index (χ3v) is 5.06. The van der Waals surface area contributed by atoms with Crippen molar-refractivity contribution >= 4 is 17.4 Å². The number of benzene rings is 1. The van der Waals surface area contributed by atoms with Gasteiger partial charge in [-0.2, -0.15) is 0 Å². The monoisotopic (exact) mass is 389 g/mol. The van der Waals surface area contributed by atoms with E-state index in [0.717, 1.165) is 30.2 Å². The van der Waals surface area contributed by atoms with E-state index in [1.54, 1.807) is 12.1 Å². The van der Waals surface area contributed by atoms with E-state index in [-0.39, 0.29) is 5.56 Å². The average molecular weight is 389 g/mol. The molecule has 1 aliphatic rings. The van der Waals surface area contributed by atoms with Crippen LogP contribution in [0, 0.1) is 0 Å². The summed E-state index contributed by atoms with van der Waals surface area (Å²) in [6, 6.07) is 14.4. The summed E-state index contributed by atoms with van der Waals surface area (Å²) in [7, 11) is 0. The SMILES string of the molecule is O=C(Nc1cccc(-c2ccc(N3CCCCCC3)nn2)c1)c1ccc[nH]c1=O. The molecule has 0 atom stereocenters. The van der Waals surface area contributed by atoms with Crippen LogP contribution in [0.3, 0.4) is 0 Å². The molecule has 3 heterocycles. The summed E-state index contributed by atoms with van der Waals surface area (Å²) < 4.78 is 0. The molecule has 0 spiro atoms. The van der Waals surface area contributed by atoms with Crippen LogP contribution in [0.5, 0.6) is 0 Å². The second-order valence-corrected chi connectivity index (χ2v) is 7.13. The Morgan fingerprint density at radius 1 is 0.966 bits per heavy atom. The Morgan fingerprint density at radius 3 is 2.52 bits per heavy atom. The maximum Gasteiger partial charge on any atom is 0.261 e. The Labute approximate surface area is 168 Å². The lowest BCUT2D eigenvalue weighted by molar-refractivity contribution is 0.102. The summed E-state index contributed by atoms with van der Waals surface area (Å²) in [5.41, 5.74) is 1.82. The largest absolute Gasteiger partial charge is 0.355 e. The van der Waals surface area contributed by atoms with Gasteiger partial charge in [0, 0.05) is 30.5 Å². The highest BCUT2D eigenvalue weighted by Crippen LogP contribution is 2.23. The number of carbonyl (C=O) groups excluding carboxylic acids is 1.